The lowest BCUT2D eigenvalue weighted by Crippen LogP contribution is -2.21. The first-order chi connectivity index (χ1) is 12.5. The quantitative estimate of drug-likeness (QED) is 0.688. The molecule has 7 heteroatoms. The van der Waals surface area contributed by atoms with Crippen LogP contribution in [0, 0.1) is 13.8 Å². The molecule has 1 aromatic heterocycles. The Morgan fingerprint density at radius 1 is 1.23 bits per heavy atom. The van der Waals surface area contributed by atoms with Gasteiger partial charge in [0, 0.05) is 24.4 Å². The van der Waals surface area contributed by atoms with Gasteiger partial charge in [0.1, 0.15) is 12.4 Å². The number of carbonyl (C=O) groups excluding carboxylic acids is 1. The standard InChI is InChI=1S/C19H26N2O5/c1-6-15(18-12(2)21-26-13(18)3)19(22)20-14-7-8-16(24-5)17(11-14)25-10-9-23-4/h7-8,11,15H,6,9-10H2,1-5H3,(H,20,22)/t15-/m1/s1. The van der Waals surface area contributed by atoms with E-state index >= 15 is 0 Å². The van der Waals surface area contributed by atoms with E-state index in [-0.39, 0.29) is 11.8 Å². The summed E-state index contributed by atoms with van der Waals surface area (Å²) in [6.07, 6.45) is 0.641. The summed E-state index contributed by atoms with van der Waals surface area (Å²) in [6, 6.07) is 5.28. The molecule has 1 aromatic carbocycles. The number of rotatable bonds is 9. The van der Waals surface area contributed by atoms with Crippen molar-refractivity contribution in [3.8, 4) is 11.5 Å². The van der Waals surface area contributed by atoms with Gasteiger partial charge >= 0.3 is 0 Å². The fourth-order valence-corrected chi connectivity index (χ4v) is 2.84. The number of ether oxygens (including phenoxy) is 3. The molecule has 0 aliphatic carbocycles. The summed E-state index contributed by atoms with van der Waals surface area (Å²) in [7, 11) is 3.18. The zero-order valence-electron chi connectivity index (χ0n) is 15.9. The number of methoxy groups -OCH3 is 2. The van der Waals surface area contributed by atoms with Crippen molar-refractivity contribution in [2.75, 3.05) is 32.8 Å². The highest BCUT2D eigenvalue weighted by atomic mass is 16.5. The summed E-state index contributed by atoms with van der Waals surface area (Å²) >= 11 is 0. The normalized spacial score (nSPS) is 11.9. The molecule has 142 valence electrons. The molecule has 0 saturated carbocycles. The molecule has 0 saturated heterocycles. The van der Waals surface area contributed by atoms with Crippen molar-refractivity contribution in [1.29, 1.82) is 0 Å². The van der Waals surface area contributed by atoms with E-state index in [0.717, 1.165) is 11.3 Å². The molecule has 0 bridgehead atoms. The molecular formula is C19H26N2O5. The van der Waals surface area contributed by atoms with Crippen LogP contribution in [0.3, 0.4) is 0 Å². The zero-order valence-corrected chi connectivity index (χ0v) is 15.9. The monoisotopic (exact) mass is 362 g/mol. The van der Waals surface area contributed by atoms with Crippen molar-refractivity contribution in [2.24, 2.45) is 0 Å². The van der Waals surface area contributed by atoms with Crippen LogP contribution in [-0.2, 0) is 9.53 Å². The predicted molar refractivity (Wildman–Crippen MR) is 98.0 cm³/mol. The molecule has 0 unspecified atom stereocenters. The molecule has 26 heavy (non-hydrogen) atoms. The number of aryl methyl sites for hydroxylation is 2. The van der Waals surface area contributed by atoms with Gasteiger partial charge in [0.2, 0.25) is 5.91 Å². The van der Waals surface area contributed by atoms with Gasteiger partial charge in [0.15, 0.2) is 11.5 Å². The lowest BCUT2D eigenvalue weighted by molar-refractivity contribution is -0.117. The molecule has 0 fully saturated rings. The summed E-state index contributed by atoms with van der Waals surface area (Å²) in [5.74, 6) is 1.36. The van der Waals surface area contributed by atoms with Crippen LogP contribution in [0.5, 0.6) is 11.5 Å². The number of nitrogens with zero attached hydrogens (tertiary/aromatic N) is 1. The van der Waals surface area contributed by atoms with E-state index in [1.165, 1.54) is 0 Å². The maximum Gasteiger partial charge on any atom is 0.232 e. The van der Waals surface area contributed by atoms with Gasteiger partial charge in [-0.2, -0.15) is 0 Å². The molecule has 2 aromatic rings. The van der Waals surface area contributed by atoms with Crippen LogP contribution in [0.15, 0.2) is 22.7 Å². The van der Waals surface area contributed by atoms with Gasteiger partial charge in [0.25, 0.3) is 0 Å². The smallest absolute Gasteiger partial charge is 0.232 e. The molecule has 0 radical (unpaired) electrons. The number of hydrogen-bond donors (Lipinski definition) is 1. The van der Waals surface area contributed by atoms with Crippen LogP contribution in [0.25, 0.3) is 0 Å². The highest BCUT2D eigenvalue weighted by Crippen LogP contribution is 2.32. The van der Waals surface area contributed by atoms with E-state index < -0.39 is 0 Å². The van der Waals surface area contributed by atoms with Gasteiger partial charge in [-0.15, -0.1) is 0 Å². The van der Waals surface area contributed by atoms with Gasteiger partial charge in [-0.1, -0.05) is 12.1 Å². The van der Waals surface area contributed by atoms with E-state index in [4.69, 9.17) is 18.7 Å². The fraction of sp³-hybridized carbons (Fsp3) is 0.474. The molecular weight excluding hydrogens is 336 g/mol. The summed E-state index contributed by atoms with van der Waals surface area (Å²) in [6.45, 7) is 6.48. The number of nitrogens with one attached hydrogen (secondary N) is 1. The lowest BCUT2D eigenvalue weighted by Gasteiger charge is -2.16. The van der Waals surface area contributed by atoms with Crippen molar-refractivity contribution in [1.82, 2.24) is 5.16 Å². The fourth-order valence-electron chi connectivity index (χ4n) is 2.84. The zero-order chi connectivity index (χ0) is 19.1. The number of anilines is 1. The van der Waals surface area contributed by atoms with Crippen LogP contribution in [-0.4, -0.2) is 38.5 Å². The Kier molecular flexibility index (Phi) is 7.03. The summed E-state index contributed by atoms with van der Waals surface area (Å²) in [4.78, 5) is 12.8. The van der Waals surface area contributed by atoms with Gasteiger partial charge in [-0.25, -0.2) is 0 Å². The molecule has 0 aliphatic rings. The molecule has 7 nitrogen and oxygen atoms in total. The molecule has 1 heterocycles. The van der Waals surface area contributed by atoms with Crippen molar-refractivity contribution in [3.05, 3.63) is 35.2 Å². The van der Waals surface area contributed by atoms with Crippen molar-refractivity contribution in [3.63, 3.8) is 0 Å². The first-order valence-corrected chi connectivity index (χ1v) is 8.55. The largest absolute Gasteiger partial charge is 0.493 e. The maximum atomic E-state index is 12.8. The van der Waals surface area contributed by atoms with Crippen LogP contribution in [0.2, 0.25) is 0 Å². The molecule has 1 atom stereocenters. The first-order valence-electron chi connectivity index (χ1n) is 8.55. The van der Waals surface area contributed by atoms with Crippen LogP contribution < -0.4 is 14.8 Å². The Labute approximate surface area is 153 Å². The van der Waals surface area contributed by atoms with Crippen molar-refractivity contribution >= 4 is 11.6 Å². The number of carbonyl (C=O) groups is 1. The van der Waals surface area contributed by atoms with Gasteiger partial charge in [-0.05, 0) is 32.4 Å². The second kappa shape index (κ2) is 9.24. The van der Waals surface area contributed by atoms with Crippen molar-refractivity contribution < 1.29 is 23.5 Å². The third-order valence-corrected chi connectivity index (χ3v) is 4.14. The molecule has 2 rings (SSSR count). The maximum absolute atomic E-state index is 12.8. The third kappa shape index (κ3) is 4.54. The van der Waals surface area contributed by atoms with Gasteiger partial charge in [0.05, 0.1) is 25.3 Å². The number of amides is 1. The molecule has 0 spiro atoms. The van der Waals surface area contributed by atoms with Crippen LogP contribution >= 0.6 is 0 Å². The Bertz CT molecular complexity index is 722. The highest BCUT2D eigenvalue weighted by molar-refractivity contribution is 5.96. The highest BCUT2D eigenvalue weighted by Gasteiger charge is 2.26. The van der Waals surface area contributed by atoms with E-state index in [0.29, 0.717) is 42.6 Å². The van der Waals surface area contributed by atoms with Gasteiger partial charge in [-0.3, -0.25) is 4.79 Å². The Balaban J connectivity index is 2.18. The van der Waals surface area contributed by atoms with Crippen molar-refractivity contribution in [2.45, 2.75) is 33.1 Å². The average molecular weight is 362 g/mol. The minimum absolute atomic E-state index is 0.116. The summed E-state index contributed by atoms with van der Waals surface area (Å²) in [5.41, 5.74) is 2.21. The van der Waals surface area contributed by atoms with Crippen LogP contribution in [0.4, 0.5) is 5.69 Å². The van der Waals surface area contributed by atoms with Crippen LogP contribution in [0.1, 0.15) is 36.3 Å². The minimum Gasteiger partial charge on any atom is -0.493 e. The number of benzene rings is 1. The van der Waals surface area contributed by atoms with E-state index in [1.54, 1.807) is 32.4 Å². The second-order valence-electron chi connectivity index (χ2n) is 5.89. The minimum atomic E-state index is -0.332. The number of aromatic nitrogens is 1. The topological polar surface area (TPSA) is 82.8 Å². The summed E-state index contributed by atoms with van der Waals surface area (Å²) in [5, 5.41) is 6.89. The Hall–Kier alpha value is -2.54. The molecule has 1 amide bonds. The lowest BCUT2D eigenvalue weighted by atomic mass is 9.94. The van der Waals surface area contributed by atoms with Gasteiger partial charge < -0.3 is 24.1 Å². The average Bonchev–Trinajstić information content (AvgIpc) is 2.95. The Morgan fingerprint density at radius 2 is 2.00 bits per heavy atom. The molecule has 1 N–H and O–H groups in total. The summed E-state index contributed by atoms with van der Waals surface area (Å²) < 4.78 is 21.2. The molecule has 0 aliphatic heterocycles. The predicted octanol–water partition coefficient (Wildman–Crippen LogP) is 3.46. The number of hydrogen-bond acceptors (Lipinski definition) is 6. The first kappa shape index (κ1) is 19.8. The Morgan fingerprint density at radius 3 is 2.58 bits per heavy atom. The second-order valence-corrected chi connectivity index (χ2v) is 5.89. The van der Waals surface area contributed by atoms with E-state index in [9.17, 15) is 4.79 Å². The van der Waals surface area contributed by atoms with E-state index in [1.807, 2.05) is 20.8 Å². The van der Waals surface area contributed by atoms with E-state index in [2.05, 4.69) is 10.5 Å². The SMILES string of the molecule is CC[C@@H](C(=O)Nc1ccc(OC)c(OCCOC)c1)c1c(C)noc1C. The third-order valence-electron chi connectivity index (χ3n) is 4.14.